The van der Waals surface area contributed by atoms with Gasteiger partial charge in [0.1, 0.15) is 34.6 Å². The molecule has 12 heteroatoms. The molecule has 0 N–H and O–H groups in total. The summed E-state index contributed by atoms with van der Waals surface area (Å²) in [5, 5.41) is 0. The Kier molecular flexibility index (Phi) is 7.75. The van der Waals surface area contributed by atoms with E-state index in [1.807, 2.05) is 0 Å². The van der Waals surface area contributed by atoms with Crippen LogP contribution in [-0.2, 0) is 15.6 Å². The first-order valence-electron chi connectivity index (χ1n) is 11.0. The van der Waals surface area contributed by atoms with Crippen molar-refractivity contribution in [3.05, 3.63) is 100 Å². The summed E-state index contributed by atoms with van der Waals surface area (Å²) in [5.74, 6) is -13.4. The third-order valence-electron chi connectivity index (χ3n) is 5.55. The van der Waals surface area contributed by atoms with Gasteiger partial charge in [0, 0.05) is 23.6 Å². The predicted octanol–water partition coefficient (Wildman–Crippen LogP) is 7.69. The Morgan fingerprint density at radius 1 is 0.763 bits per heavy atom. The fraction of sp³-hybridized carbons (Fsp3) is 0.231. The molecule has 0 saturated carbocycles. The maximum absolute atomic E-state index is 14.8. The molecule has 202 valence electrons. The molecule has 1 saturated heterocycles. The first-order valence-corrected chi connectivity index (χ1v) is 11.0. The Hall–Kier alpha value is -3.51. The molecule has 1 aliphatic rings. The minimum absolute atomic E-state index is 0.101. The van der Waals surface area contributed by atoms with Crippen LogP contribution in [0.3, 0.4) is 0 Å². The van der Waals surface area contributed by atoms with E-state index in [0.717, 1.165) is 0 Å². The molecule has 1 fully saturated rings. The quantitative estimate of drug-likeness (QED) is 0.180. The van der Waals surface area contributed by atoms with Crippen molar-refractivity contribution in [3.8, 4) is 16.9 Å². The minimum Gasteiger partial charge on any atom is -0.429 e. The Bertz CT molecular complexity index is 1310. The first kappa shape index (κ1) is 27.5. The molecule has 4 rings (SSSR count). The second kappa shape index (κ2) is 10.7. The Balaban J connectivity index is 1.59. The van der Waals surface area contributed by atoms with Crippen molar-refractivity contribution in [2.45, 2.75) is 19.3 Å². The van der Waals surface area contributed by atoms with E-state index in [-0.39, 0.29) is 36.8 Å². The molecule has 0 spiro atoms. The molecule has 38 heavy (non-hydrogen) atoms. The molecule has 3 nitrogen and oxygen atoms in total. The Morgan fingerprint density at radius 2 is 1.29 bits per heavy atom. The van der Waals surface area contributed by atoms with E-state index in [4.69, 9.17) is 9.47 Å². The van der Waals surface area contributed by atoms with Crippen LogP contribution in [0.15, 0.2) is 48.6 Å². The lowest BCUT2D eigenvalue weighted by atomic mass is 10.0. The van der Waals surface area contributed by atoms with Crippen molar-refractivity contribution < 1.29 is 53.7 Å². The van der Waals surface area contributed by atoms with Crippen LogP contribution in [0.2, 0.25) is 0 Å². The van der Waals surface area contributed by atoms with E-state index in [2.05, 4.69) is 4.74 Å². The molecule has 0 aliphatic carbocycles. The summed E-state index contributed by atoms with van der Waals surface area (Å²) in [7, 11) is 0. The highest BCUT2D eigenvalue weighted by Crippen LogP contribution is 2.39. The van der Waals surface area contributed by atoms with Crippen molar-refractivity contribution in [3.63, 3.8) is 0 Å². The van der Waals surface area contributed by atoms with Gasteiger partial charge in [0.05, 0.1) is 18.8 Å². The number of hydrogen-bond acceptors (Lipinski definition) is 3. The number of halogens is 9. The van der Waals surface area contributed by atoms with Crippen LogP contribution in [0.5, 0.6) is 5.75 Å². The number of ether oxygens (including phenoxy) is 3. The molecular weight excluding hydrogens is 531 g/mol. The van der Waals surface area contributed by atoms with Gasteiger partial charge in [-0.15, -0.1) is 0 Å². The summed E-state index contributed by atoms with van der Waals surface area (Å²) < 4.78 is 143. The lowest BCUT2D eigenvalue weighted by Crippen LogP contribution is -2.28. The number of rotatable bonds is 6. The lowest BCUT2D eigenvalue weighted by molar-refractivity contribution is -0.198. The molecule has 0 bridgehead atoms. The van der Waals surface area contributed by atoms with Gasteiger partial charge in [0.2, 0.25) is 0 Å². The summed E-state index contributed by atoms with van der Waals surface area (Å²) in [4.78, 5) is 0. The smallest absolute Gasteiger partial charge is 0.429 e. The Morgan fingerprint density at radius 3 is 1.79 bits per heavy atom. The highest BCUT2D eigenvalue weighted by Gasteiger charge is 2.42. The number of benzene rings is 3. The standard InChI is InChI=1S/C26H17F9O3/c1-2-3-12-10-36-25(37-11-12)14-6-18(29)23(19(30)7-14)26(34,35)38-15-8-16(27)22(17(28)9-15)13-4-20(31)24(33)21(32)5-13/h2-9,12,25H,10-11H2,1H3/b3-2+. The zero-order valence-electron chi connectivity index (χ0n) is 19.3. The SMILES string of the molecule is C/C=C/C1COC(c2cc(F)c(C(F)(F)Oc3cc(F)c(-c4cc(F)c(F)c(F)c4)c(F)c3)c(F)c2)OC1. The van der Waals surface area contributed by atoms with Gasteiger partial charge >= 0.3 is 6.11 Å². The van der Waals surface area contributed by atoms with Gasteiger partial charge in [-0.2, -0.15) is 8.78 Å². The van der Waals surface area contributed by atoms with Crippen LogP contribution in [0.1, 0.15) is 24.3 Å². The molecule has 0 atom stereocenters. The van der Waals surface area contributed by atoms with Crippen LogP contribution in [0, 0.1) is 46.6 Å². The second-order valence-electron chi connectivity index (χ2n) is 8.28. The van der Waals surface area contributed by atoms with Crippen molar-refractivity contribution in [2.75, 3.05) is 13.2 Å². The van der Waals surface area contributed by atoms with Gasteiger partial charge in [-0.25, -0.2) is 30.7 Å². The van der Waals surface area contributed by atoms with Crippen molar-refractivity contribution in [1.82, 2.24) is 0 Å². The Labute approximate surface area is 210 Å². The van der Waals surface area contributed by atoms with Crippen molar-refractivity contribution in [1.29, 1.82) is 0 Å². The molecule has 0 aromatic heterocycles. The fourth-order valence-electron chi connectivity index (χ4n) is 3.88. The largest absolute Gasteiger partial charge is 0.432 e. The van der Waals surface area contributed by atoms with Crippen LogP contribution in [-0.4, -0.2) is 13.2 Å². The topological polar surface area (TPSA) is 27.7 Å². The maximum atomic E-state index is 14.8. The predicted molar refractivity (Wildman–Crippen MR) is 115 cm³/mol. The zero-order valence-corrected chi connectivity index (χ0v) is 19.3. The minimum atomic E-state index is -4.76. The normalized spacial score (nSPS) is 18.3. The number of alkyl halides is 2. The van der Waals surface area contributed by atoms with Crippen molar-refractivity contribution >= 4 is 0 Å². The summed E-state index contributed by atoms with van der Waals surface area (Å²) in [6.07, 6.45) is -2.41. The van der Waals surface area contributed by atoms with E-state index in [0.29, 0.717) is 24.3 Å². The van der Waals surface area contributed by atoms with Gasteiger partial charge in [-0.05, 0) is 36.8 Å². The highest BCUT2D eigenvalue weighted by atomic mass is 19.3. The van der Waals surface area contributed by atoms with Gasteiger partial charge in [-0.3, -0.25) is 0 Å². The molecule has 0 radical (unpaired) electrons. The van der Waals surface area contributed by atoms with Crippen LogP contribution < -0.4 is 4.74 Å². The van der Waals surface area contributed by atoms with Gasteiger partial charge in [0.15, 0.2) is 23.7 Å². The first-order chi connectivity index (χ1) is 17.9. The maximum Gasteiger partial charge on any atom is 0.432 e. The van der Waals surface area contributed by atoms with Crippen molar-refractivity contribution in [2.24, 2.45) is 5.92 Å². The van der Waals surface area contributed by atoms with Gasteiger partial charge < -0.3 is 14.2 Å². The summed E-state index contributed by atoms with van der Waals surface area (Å²) in [6.45, 7) is 2.09. The summed E-state index contributed by atoms with van der Waals surface area (Å²) in [6, 6.07) is 2.11. The third kappa shape index (κ3) is 5.51. The third-order valence-corrected chi connectivity index (χ3v) is 5.55. The fourth-order valence-corrected chi connectivity index (χ4v) is 3.88. The molecule has 1 aliphatic heterocycles. The van der Waals surface area contributed by atoms with E-state index in [9.17, 15) is 39.5 Å². The monoisotopic (exact) mass is 548 g/mol. The second-order valence-corrected chi connectivity index (χ2v) is 8.28. The van der Waals surface area contributed by atoms with E-state index in [1.165, 1.54) is 0 Å². The zero-order chi connectivity index (χ0) is 27.8. The summed E-state index contributed by atoms with van der Waals surface area (Å²) >= 11 is 0. The van der Waals surface area contributed by atoms with Crippen LogP contribution in [0.4, 0.5) is 39.5 Å². The van der Waals surface area contributed by atoms with Crippen LogP contribution in [0.25, 0.3) is 11.1 Å². The van der Waals surface area contributed by atoms with E-state index >= 15 is 0 Å². The highest BCUT2D eigenvalue weighted by molar-refractivity contribution is 5.66. The average molecular weight is 548 g/mol. The lowest BCUT2D eigenvalue weighted by Gasteiger charge is -2.28. The number of hydrogen-bond donors (Lipinski definition) is 0. The molecular formula is C26H17F9O3. The van der Waals surface area contributed by atoms with Crippen LogP contribution >= 0.6 is 0 Å². The molecule has 1 heterocycles. The molecule has 0 unspecified atom stereocenters. The number of allylic oxidation sites excluding steroid dienone is 1. The summed E-state index contributed by atoms with van der Waals surface area (Å²) in [5.41, 5.74) is -3.92. The van der Waals surface area contributed by atoms with Gasteiger partial charge in [0.25, 0.3) is 0 Å². The molecule has 3 aromatic carbocycles. The van der Waals surface area contributed by atoms with Gasteiger partial charge in [-0.1, -0.05) is 12.2 Å². The van der Waals surface area contributed by atoms with E-state index < -0.39 is 75.6 Å². The average Bonchev–Trinajstić information content (AvgIpc) is 2.81. The molecule has 3 aromatic rings. The van der Waals surface area contributed by atoms with E-state index in [1.54, 1.807) is 19.1 Å². The molecule has 0 amide bonds.